The van der Waals surface area contributed by atoms with Crippen LogP contribution in [0.4, 0.5) is 10.5 Å². The van der Waals surface area contributed by atoms with Crippen LogP contribution in [0.25, 0.3) is 0 Å². The lowest BCUT2D eigenvalue weighted by Gasteiger charge is -2.30. The minimum atomic E-state index is -0.195. The molecule has 1 atom stereocenters. The predicted molar refractivity (Wildman–Crippen MR) is 92.5 cm³/mol. The fourth-order valence-corrected chi connectivity index (χ4v) is 3.06. The normalized spacial score (nSPS) is 18.9. The first-order valence-electron chi connectivity index (χ1n) is 8.17. The average Bonchev–Trinajstić information content (AvgIpc) is 2.49. The van der Waals surface area contributed by atoms with Gasteiger partial charge in [-0.25, -0.2) is 4.79 Å². The molecule has 0 spiro atoms. The Balaban J connectivity index is 1.56. The maximum Gasteiger partial charge on any atom is 0.319 e. The number of hydrogen-bond donors (Lipinski definition) is 2. The van der Waals surface area contributed by atoms with Crippen molar-refractivity contribution < 1.29 is 4.79 Å². The highest BCUT2D eigenvalue weighted by atomic mass is 35.5. The SMILES string of the molecule is CC1CCCN(CCCCNC(=O)Nc2ccccc2Cl)C1. The van der Waals surface area contributed by atoms with E-state index in [4.69, 9.17) is 11.6 Å². The molecule has 0 aromatic heterocycles. The number of halogens is 1. The summed E-state index contributed by atoms with van der Waals surface area (Å²) in [6.45, 7) is 6.61. The van der Waals surface area contributed by atoms with Crippen LogP contribution in [0, 0.1) is 5.92 Å². The van der Waals surface area contributed by atoms with Crippen LogP contribution in [-0.2, 0) is 0 Å². The highest BCUT2D eigenvalue weighted by Crippen LogP contribution is 2.20. The van der Waals surface area contributed by atoms with Gasteiger partial charge in [0.25, 0.3) is 0 Å². The Hall–Kier alpha value is -1.26. The molecule has 5 heteroatoms. The number of para-hydroxylation sites is 1. The number of rotatable bonds is 6. The molecule has 1 fully saturated rings. The van der Waals surface area contributed by atoms with Crippen molar-refractivity contribution in [3.8, 4) is 0 Å². The summed E-state index contributed by atoms with van der Waals surface area (Å²) in [6.07, 6.45) is 4.81. The summed E-state index contributed by atoms with van der Waals surface area (Å²) in [7, 11) is 0. The van der Waals surface area contributed by atoms with Crippen molar-refractivity contribution in [3.63, 3.8) is 0 Å². The molecule has 1 aromatic rings. The standard InChI is InChI=1S/C17H26ClN3O/c1-14-7-6-12-21(13-14)11-5-4-10-19-17(22)20-16-9-3-2-8-15(16)18/h2-3,8-9,14H,4-7,10-13H2,1H3,(H2,19,20,22). The number of benzene rings is 1. The van der Waals surface area contributed by atoms with Crippen molar-refractivity contribution in [3.05, 3.63) is 29.3 Å². The molecule has 0 bridgehead atoms. The zero-order chi connectivity index (χ0) is 15.8. The first-order valence-corrected chi connectivity index (χ1v) is 8.54. The molecule has 1 aromatic carbocycles. The number of carbonyl (C=O) groups excluding carboxylic acids is 1. The second kappa shape index (κ2) is 9.01. The third-order valence-corrected chi connectivity index (χ3v) is 4.38. The van der Waals surface area contributed by atoms with Crippen molar-refractivity contribution in [2.45, 2.75) is 32.6 Å². The van der Waals surface area contributed by atoms with Crippen LogP contribution in [-0.4, -0.2) is 37.1 Å². The largest absolute Gasteiger partial charge is 0.338 e. The van der Waals surface area contributed by atoms with Gasteiger partial charge >= 0.3 is 6.03 Å². The van der Waals surface area contributed by atoms with E-state index in [0.29, 0.717) is 17.3 Å². The molecule has 1 saturated heterocycles. The molecule has 1 aliphatic rings. The summed E-state index contributed by atoms with van der Waals surface area (Å²) in [5.41, 5.74) is 0.643. The highest BCUT2D eigenvalue weighted by molar-refractivity contribution is 6.33. The molecule has 1 heterocycles. The van der Waals surface area contributed by atoms with Crippen molar-refractivity contribution >= 4 is 23.3 Å². The number of hydrogen-bond acceptors (Lipinski definition) is 2. The highest BCUT2D eigenvalue weighted by Gasteiger charge is 2.15. The quantitative estimate of drug-likeness (QED) is 0.778. The van der Waals surface area contributed by atoms with Gasteiger partial charge in [0.05, 0.1) is 10.7 Å². The summed E-state index contributed by atoms with van der Waals surface area (Å²) in [5.74, 6) is 0.827. The van der Waals surface area contributed by atoms with Gasteiger partial charge in [0, 0.05) is 13.1 Å². The van der Waals surface area contributed by atoms with Gasteiger partial charge in [0.1, 0.15) is 0 Å². The number of amides is 2. The van der Waals surface area contributed by atoms with Crippen LogP contribution in [0.15, 0.2) is 24.3 Å². The zero-order valence-corrected chi connectivity index (χ0v) is 14.0. The number of anilines is 1. The van der Waals surface area contributed by atoms with Gasteiger partial charge in [-0.05, 0) is 56.8 Å². The molecule has 1 aliphatic heterocycles. The molecule has 22 heavy (non-hydrogen) atoms. The van der Waals surface area contributed by atoms with Gasteiger partial charge in [-0.15, -0.1) is 0 Å². The van der Waals surface area contributed by atoms with E-state index in [0.717, 1.165) is 25.3 Å². The molecule has 4 nitrogen and oxygen atoms in total. The smallest absolute Gasteiger partial charge is 0.319 e. The Morgan fingerprint density at radius 3 is 2.95 bits per heavy atom. The van der Waals surface area contributed by atoms with Crippen molar-refractivity contribution in [1.82, 2.24) is 10.2 Å². The maximum absolute atomic E-state index is 11.8. The van der Waals surface area contributed by atoms with Crippen molar-refractivity contribution in [1.29, 1.82) is 0 Å². The zero-order valence-electron chi connectivity index (χ0n) is 13.3. The summed E-state index contributed by atoms with van der Waals surface area (Å²) in [4.78, 5) is 14.3. The number of nitrogens with zero attached hydrogens (tertiary/aromatic N) is 1. The number of urea groups is 1. The van der Waals surface area contributed by atoms with Crippen LogP contribution in [0.5, 0.6) is 0 Å². The molecule has 122 valence electrons. The molecule has 1 unspecified atom stereocenters. The molecule has 2 rings (SSSR count). The van der Waals surface area contributed by atoms with E-state index in [1.165, 1.54) is 25.9 Å². The number of piperidine rings is 1. The first-order chi connectivity index (χ1) is 10.6. The van der Waals surface area contributed by atoms with Crippen molar-refractivity contribution in [2.24, 2.45) is 5.92 Å². The maximum atomic E-state index is 11.8. The predicted octanol–water partition coefficient (Wildman–Crippen LogP) is 3.97. The van der Waals surface area contributed by atoms with Crippen LogP contribution in [0.2, 0.25) is 5.02 Å². The minimum absolute atomic E-state index is 0.195. The van der Waals surface area contributed by atoms with E-state index in [-0.39, 0.29) is 6.03 Å². The minimum Gasteiger partial charge on any atom is -0.338 e. The second-order valence-electron chi connectivity index (χ2n) is 6.12. The van der Waals surface area contributed by atoms with Crippen LogP contribution in [0.1, 0.15) is 32.6 Å². The molecule has 0 saturated carbocycles. The molecule has 0 aliphatic carbocycles. The topological polar surface area (TPSA) is 44.4 Å². The van der Waals surface area contributed by atoms with Crippen molar-refractivity contribution in [2.75, 3.05) is 31.5 Å². The molecule has 0 radical (unpaired) electrons. The van der Waals surface area contributed by atoms with Gasteiger partial charge in [0.2, 0.25) is 0 Å². The number of nitrogens with one attached hydrogen (secondary N) is 2. The lowest BCUT2D eigenvalue weighted by Crippen LogP contribution is -2.35. The molecule has 2 amide bonds. The molecule has 2 N–H and O–H groups in total. The van der Waals surface area contributed by atoms with E-state index in [1.54, 1.807) is 12.1 Å². The summed E-state index contributed by atoms with van der Waals surface area (Å²) < 4.78 is 0. The van der Waals surface area contributed by atoms with E-state index in [1.807, 2.05) is 12.1 Å². The fourth-order valence-electron chi connectivity index (χ4n) is 2.88. The Morgan fingerprint density at radius 1 is 1.36 bits per heavy atom. The van der Waals surface area contributed by atoms with Gasteiger partial charge in [-0.1, -0.05) is 30.7 Å². The van der Waals surface area contributed by atoms with Gasteiger partial charge < -0.3 is 15.5 Å². The third-order valence-electron chi connectivity index (χ3n) is 4.05. The van der Waals surface area contributed by atoms with E-state index in [9.17, 15) is 4.79 Å². The monoisotopic (exact) mass is 323 g/mol. The number of likely N-dealkylation sites (tertiary alicyclic amines) is 1. The summed E-state index contributed by atoms with van der Waals surface area (Å²) >= 11 is 6.00. The lowest BCUT2D eigenvalue weighted by molar-refractivity contribution is 0.181. The Bertz CT molecular complexity index is 481. The van der Waals surface area contributed by atoms with Crippen LogP contribution in [0.3, 0.4) is 0 Å². The summed E-state index contributed by atoms with van der Waals surface area (Å²) in [5, 5.41) is 6.19. The first kappa shape index (κ1) is 17.1. The average molecular weight is 324 g/mol. The Kier molecular flexibility index (Phi) is 7.00. The fraction of sp³-hybridized carbons (Fsp3) is 0.588. The molecular formula is C17H26ClN3O. The van der Waals surface area contributed by atoms with Gasteiger partial charge in [-0.3, -0.25) is 0 Å². The van der Waals surface area contributed by atoms with Gasteiger partial charge in [0.15, 0.2) is 0 Å². The van der Waals surface area contributed by atoms with Crippen LogP contribution < -0.4 is 10.6 Å². The van der Waals surface area contributed by atoms with Crippen LogP contribution >= 0.6 is 11.6 Å². The Morgan fingerprint density at radius 2 is 2.18 bits per heavy atom. The van der Waals surface area contributed by atoms with E-state index < -0.39 is 0 Å². The Labute approximate surface area is 138 Å². The van der Waals surface area contributed by atoms with E-state index >= 15 is 0 Å². The second-order valence-corrected chi connectivity index (χ2v) is 6.52. The number of unbranched alkanes of at least 4 members (excludes halogenated alkanes) is 1. The van der Waals surface area contributed by atoms with Gasteiger partial charge in [-0.2, -0.15) is 0 Å². The van der Waals surface area contributed by atoms with E-state index in [2.05, 4.69) is 22.5 Å². The summed E-state index contributed by atoms with van der Waals surface area (Å²) in [6, 6.07) is 7.05. The molecular weight excluding hydrogens is 298 g/mol. The third kappa shape index (κ3) is 5.85. The number of carbonyl (C=O) groups is 1. The lowest BCUT2D eigenvalue weighted by atomic mass is 10.0.